The Balaban J connectivity index is 2.01. The molecule has 0 spiro atoms. The van der Waals surface area contributed by atoms with Gasteiger partial charge in [-0.15, -0.1) is 0 Å². The lowest BCUT2D eigenvalue weighted by Gasteiger charge is -2.35. The van der Waals surface area contributed by atoms with Crippen LogP contribution in [0.3, 0.4) is 0 Å². The van der Waals surface area contributed by atoms with Crippen LogP contribution in [0.15, 0.2) is 18.2 Å². The Morgan fingerprint density at radius 1 is 1.00 bits per heavy atom. The van der Waals surface area contributed by atoms with Crippen LogP contribution >= 0.6 is 0 Å². The van der Waals surface area contributed by atoms with Crippen LogP contribution in [-0.4, -0.2) is 20.8 Å². The zero-order chi connectivity index (χ0) is 14.0. The number of nitrogens with one attached hydrogen (secondary N) is 1. The van der Waals surface area contributed by atoms with Gasteiger partial charge in [0, 0.05) is 11.6 Å². The summed E-state index contributed by atoms with van der Waals surface area (Å²) in [7, 11) is 3.45. The number of benzene rings is 1. The van der Waals surface area contributed by atoms with Gasteiger partial charge in [0.15, 0.2) is 0 Å². The van der Waals surface area contributed by atoms with E-state index in [1.165, 1.54) is 44.1 Å². The Bertz CT molecular complexity index is 438. The standard InChI is InChI=1S/C17H25NO2/c1-19-15-10-14(11-16(12-15)20-2)17(13-6-7-13)8-4-3-5-9-18-17/h10-13,18H,3-9H2,1-2H3. The van der Waals surface area contributed by atoms with Crippen LogP contribution in [0.4, 0.5) is 0 Å². The molecule has 1 aromatic rings. The van der Waals surface area contributed by atoms with Crippen LogP contribution in [0.25, 0.3) is 0 Å². The minimum absolute atomic E-state index is 0.137. The largest absolute Gasteiger partial charge is 0.497 e. The number of hydrogen-bond donors (Lipinski definition) is 1. The molecule has 110 valence electrons. The van der Waals surface area contributed by atoms with Gasteiger partial charge in [0.2, 0.25) is 0 Å². The summed E-state index contributed by atoms with van der Waals surface area (Å²) in [6.45, 7) is 1.12. The van der Waals surface area contributed by atoms with Crippen molar-refractivity contribution in [2.24, 2.45) is 5.92 Å². The van der Waals surface area contributed by atoms with E-state index in [-0.39, 0.29) is 5.54 Å². The lowest BCUT2D eigenvalue weighted by molar-refractivity contribution is 0.276. The molecule has 0 bridgehead atoms. The van der Waals surface area contributed by atoms with E-state index in [0.717, 1.165) is 24.0 Å². The van der Waals surface area contributed by atoms with Gasteiger partial charge in [-0.1, -0.05) is 12.8 Å². The molecule has 1 N–H and O–H groups in total. The molecule has 2 fully saturated rings. The van der Waals surface area contributed by atoms with Crippen LogP contribution in [0.2, 0.25) is 0 Å². The molecule has 1 aliphatic carbocycles. The van der Waals surface area contributed by atoms with E-state index in [1.54, 1.807) is 14.2 Å². The normalized spacial score (nSPS) is 26.9. The van der Waals surface area contributed by atoms with Crippen molar-refractivity contribution in [3.8, 4) is 11.5 Å². The molecule has 1 aliphatic heterocycles. The zero-order valence-electron chi connectivity index (χ0n) is 12.6. The molecule has 1 heterocycles. The van der Waals surface area contributed by atoms with Crippen molar-refractivity contribution < 1.29 is 9.47 Å². The van der Waals surface area contributed by atoms with Crippen LogP contribution in [-0.2, 0) is 5.54 Å². The van der Waals surface area contributed by atoms with Gasteiger partial charge in [-0.2, -0.15) is 0 Å². The first-order valence-electron chi connectivity index (χ1n) is 7.77. The van der Waals surface area contributed by atoms with E-state index in [9.17, 15) is 0 Å². The van der Waals surface area contributed by atoms with Crippen molar-refractivity contribution in [3.63, 3.8) is 0 Å². The highest BCUT2D eigenvalue weighted by Crippen LogP contribution is 2.50. The molecule has 2 aliphatic rings. The van der Waals surface area contributed by atoms with Gasteiger partial charge in [0.25, 0.3) is 0 Å². The van der Waals surface area contributed by atoms with E-state index >= 15 is 0 Å². The highest BCUT2D eigenvalue weighted by Gasteiger charge is 2.46. The monoisotopic (exact) mass is 275 g/mol. The maximum Gasteiger partial charge on any atom is 0.122 e. The maximum absolute atomic E-state index is 5.46. The third-order valence-electron chi connectivity index (χ3n) is 4.83. The number of ether oxygens (including phenoxy) is 2. The van der Waals surface area contributed by atoms with Gasteiger partial charge in [0.05, 0.1) is 14.2 Å². The first-order valence-corrected chi connectivity index (χ1v) is 7.77. The smallest absolute Gasteiger partial charge is 0.122 e. The topological polar surface area (TPSA) is 30.5 Å². The van der Waals surface area contributed by atoms with E-state index in [1.807, 2.05) is 6.07 Å². The summed E-state index contributed by atoms with van der Waals surface area (Å²) in [6.07, 6.45) is 7.84. The second-order valence-corrected chi connectivity index (χ2v) is 6.08. The fourth-order valence-electron chi connectivity index (χ4n) is 3.58. The quantitative estimate of drug-likeness (QED) is 0.912. The van der Waals surface area contributed by atoms with Crippen molar-refractivity contribution in [3.05, 3.63) is 23.8 Å². The van der Waals surface area contributed by atoms with Crippen molar-refractivity contribution in [2.45, 2.75) is 44.1 Å². The first-order chi connectivity index (χ1) is 9.78. The summed E-state index contributed by atoms with van der Waals surface area (Å²) >= 11 is 0. The molecule has 1 saturated carbocycles. The van der Waals surface area contributed by atoms with Gasteiger partial charge < -0.3 is 14.8 Å². The zero-order valence-corrected chi connectivity index (χ0v) is 12.6. The number of methoxy groups -OCH3 is 2. The molecular formula is C17H25NO2. The van der Waals surface area contributed by atoms with Crippen molar-refractivity contribution in [1.82, 2.24) is 5.32 Å². The van der Waals surface area contributed by atoms with Crippen molar-refractivity contribution >= 4 is 0 Å². The summed E-state index contributed by atoms with van der Waals surface area (Å²) in [6, 6.07) is 6.35. The number of rotatable bonds is 4. The van der Waals surface area contributed by atoms with Crippen molar-refractivity contribution in [1.29, 1.82) is 0 Å². The van der Waals surface area contributed by atoms with Crippen LogP contribution < -0.4 is 14.8 Å². The van der Waals surface area contributed by atoms with E-state index in [4.69, 9.17) is 9.47 Å². The summed E-state index contributed by atoms with van der Waals surface area (Å²) in [5, 5.41) is 3.86. The Hall–Kier alpha value is -1.22. The average molecular weight is 275 g/mol. The van der Waals surface area contributed by atoms with Crippen LogP contribution in [0, 0.1) is 5.92 Å². The molecule has 3 rings (SSSR count). The van der Waals surface area contributed by atoms with Crippen LogP contribution in [0.1, 0.15) is 44.1 Å². The molecule has 3 nitrogen and oxygen atoms in total. The Kier molecular flexibility index (Phi) is 3.88. The highest BCUT2D eigenvalue weighted by molar-refractivity contribution is 5.42. The lowest BCUT2D eigenvalue weighted by Crippen LogP contribution is -2.43. The number of hydrogen-bond acceptors (Lipinski definition) is 3. The molecule has 1 saturated heterocycles. The summed E-state index contributed by atoms with van der Waals surface area (Å²) < 4.78 is 10.9. The van der Waals surface area contributed by atoms with E-state index in [2.05, 4.69) is 17.4 Å². The lowest BCUT2D eigenvalue weighted by atomic mass is 9.81. The molecule has 0 radical (unpaired) electrons. The predicted octanol–water partition coefficient (Wildman–Crippen LogP) is 3.47. The Labute approximate surface area is 121 Å². The third kappa shape index (κ3) is 2.51. The molecule has 1 aromatic carbocycles. The molecule has 1 unspecified atom stereocenters. The van der Waals surface area contributed by atoms with E-state index in [0.29, 0.717) is 0 Å². The average Bonchev–Trinajstić information content (AvgIpc) is 3.32. The highest BCUT2D eigenvalue weighted by atomic mass is 16.5. The minimum atomic E-state index is 0.137. The molecule has 20 heavy (non-hydrogen) atoms. The molecule has 0 aromatic heterocycles. The Morgan fingerprint density at radius 3 is 2.30 bits per heavy atom. The van der Waals surface area contributed by atoms with Gasteiger partial charge in [-0.05, 0) is 55.8 Å². The minimum Gasteiger partial charge on any atom is -0.497 e. The van der Waals surface area contributed by atoms with Gasteiger partial charge >= 0.3 is 0 Å². The molecule has 0 amide bonds. The fourth-order valence-corrected chi connectivity index (χ4v) is 3.58. The first kappa shape index (κ1) is 13.7. The Morgan fingerprint density at radius 2 is 1.70 bits per heavy atom. The van der Waals surface area contributed by atoms with Gasteiger partial charge in [-0.25, -0.2) is 0 Å². The summed E-state index contributed by atoms with van der Waals surface area (Å²) in [5.74, 6) is 2.56. The second kappa shape index (κ2) is 5.65. The van der Waals surface area contributed by atoms with Gasteiger partial charge in [0.1, 0.15) is 11.5 Å². The van der Waals surface area contributed by atoms with Crippen molar-refractivity contribution in [2.75, 3.05) is 20.8 Å². The predicted molar refractivity (Wildman–Crippen MR) is 80.4 cm³/mol. The molecule has 3 heteroatoms. The summed E-state index contributed by atoms with van der Waals surface area (Å²) in [5.41, 5.74) is 1.48. The van der Waals surface area contributed by atoms with E-state index < -0.39 is 0 Å². The van der Waals surface area contributed by atoms with Crippen LogP contribution in [0.5, 0.6) is 11.5 Å². The van der Waals surface area contributed by atoms with Gasteiger partial charge in [-0.3, -0.25) is 0 Å². The fraction of sp³-hybridized carbons (Fsp3) is 0.647. The molecular weight excluding hydrogens is 250 g/mol. The summed E-state index contributed by atoms with van der Waals surface area (Å²) in [4.78, 5) is 0. The maximum atomic E-state index is 5.46. The second-order valence-electron chi connectivity index (χ2n) is 6.08. The molecule has 1 atom stereocenters. The third-order valence-corrected chi connectivity index (χ3v) is 4.83. The SMILES string of the molecule is COc1cc(OC)cc(C2(C3CC3)CCCCCN2)c1.